The van der Waals surface area contributed by atoms with Crippen molar-refractivity contribution in [1.29, 1.82) is 0 Å². The fourth-order valence-electron chi connectivity index (χ4n) is 1.58. The summed E-state index contributed by atoms with van der Waals surface area (Å²) in [6.07, 6.45) is 3.02. The monoisotopic (exact) mass is 328 g/mol. The van der Waals surface area contributed by atoms with Gasteiger partial charge in [0.1, 0.15) is 12.7 Å². The third-order valence-corrected chi connectivity index (χ3v) is 3.18. The zero-order valence-electron chi connectivity index (χ0n) is 10.6. The maximum Gasteiger partial charge on any atom is 0.335 e. The molecule has 21 heavy (non-hydrogen) atoms. The molecule has 0 radical (unpaired) electrons. The zero-order valence-corrected chi connectivity index (χ0v) is 12.1. The number of nitrogens with one attached hydrogen (secondary N) is 1. The van der Waals surface area contributed by atoms with Crippen LogP contribution in [0.3, 0.4) is 0 Å². The van der Waals surface area contributed by atoms with Crippen molar-refractivity contribution in [2.45, 2.75) is 13.0 Å². The molecule has 0 fully saturated rings. The van der Waals surface area contributed by atoms with Gasteiger partial charge in [0.15, 0.2) is 0 Å². The van der Waals surface area contributed by atoms with Crippen LogP contribution in [0.4, 0.5) is 5.69 Å². The maximum atomic E-state index is 11.8. The molecule has 1 aromatic carbocycles. The van der Waals surface area contributed by atoms with Gasteiger partial charge in [0.25, 0.3) is 0 Å². The standard InChI is InChI=1S/C12H10Cl2N4O3/c13-8-3-7(12(20)21)4-9(14)11(8)17-10(19)1-2-18-6-15-5-16-18/h3-6H,1-2H2,(H,17,19)(H,20,21). The molecule has 0 saturated carbocycles. The number of hydrogen-bond acceptors (Lipinski definition) is 4. The summed E-state index contributed by atoms with van der Waals surface area (Å²) in [5.41, 5.74) is 0.137. The molecule has 1 aromatic heterocycles. The highest BCUT2D eigenvalue weighted by molar-refractivity contribution is 6.40. The number of halogens is 2. The Morgan fingerprint density at radius 2 is 1.95 bits per heavy atom. The van der Waals surface area contributed by atoms with Crippen LogP contribution in [0.25, 0.3) is 0 Å². The number of carboxylic acid groups (broad SMARTS) is 1. The van der Waals surface area contributed by atoms with Gasteiger partial charge < -0.3 is 10.4 Å². The summed E-state index contributed by atoms with van der Waals surface area (Å²) in [5, 5.41) is 15.4. The minimum Gasteiger partial charge on any atom is -0.478 e. The van der Waals surface area contributed by atoms with Gasteiger partial charge in [-0.1, -0.05) is 23.2 Å². The summed E-state index contributed by atoms with van der Waals surface area (Å²) in [4.78, 5) is 26.4. The van der Waals surface area contributed by atoms with E-state index in [9.17, 15) is 9.59 Å². The molecule has 1 heterocycles. The molecular formula is C12H10Cl2N4O3. The number of carboxylic acids is 1. The van der Waals surface area contributed by atoms with E-state index in [1.165, 1.54) is 29.5 Å². The van der Waals surface area contributed by atoms with Crippen LogP contribution in [0, 0.1) is 0 Å². The van der Waals surface area contributed by atoms with Crippen LogP contribution in [0.5, 0.6) is 0 Å². The Labute approximate surface area is 129 Å². The largest absolute Gasteiger partial charge is 0.478 e. The van der Waals surface area contributed by atoms with Gasteiger partial charge in [-0.3, -0.25) is 9.48 Å². The summed E-state index contributed by atoms with van der Waals surface area (Å²) in [6.45, 7) is 0.355. The lowest BCUT2D eigenvalue weighted by Gasteiger charge is -2.10. The van der Waals surface area contributed by atoms with Crippen molar-refractivity contribution in [3.63, 3.8) is 0 Å². The number of aromatic carboxylic acids is 1. The molecule has 0 unspecified atom stereocenters. The molecule has 110 valence electrons. The van der Waals surface area contributed by atoms with E-state index in [1.54, 1.807) is 0 Å². The molecule has 0 saturated heterocycles. The van der Waals surface area contributed by atoms with E-state index in [1.807, 2.05) is 0 Å². The van der Waals surface area contributed by atoms with E-state index in [0.717, 1.165) is 0 Å². The molecule has 0 aliphatic heterocycles. The van der Waals surface area contributed by atoms with Crippen molar-refractivity contribution in [3.05, 3.63) is 40.4 Å². The van der Waals surface area contributed by atoms with Gasteiger partial charge in [-0.25, -0.2) is 9.78 Å². The molecule has 0 aliphatic carbocycles. The Balaban J connectivity index is 2.05. The first kappa shape index (κ1) is 15.3. The van der Waals surface area contributed by atoms with Gasteiger partial charge in [0.05, 0.1) is 27.8 Å². The minimum atomic E-state index is -1.15. The number of amides is 1. The molecular weight excluding hydrogens is 319 g/mol. The average Bonchev–Trinajstić information content (AvgIpc) is 2.93. The minimum absolute atomic E-state index is 0.0504. The fraction of sp³-hybridized carbons (Fsp3) is 0.167. The summed E-state index contributed by atoms with van der Waals surface area (Å²) in [6, 6.07) is 2.45. The zero-order chi connectivity index (χ0) is 15.4. The van der Waals surface area contributed by atoms with Crippen molar-refractivity contribution in [3.8, 4) is 0 Å². The predicted octanol–water partition coefficient (Wildman–Crippen LogP) is 2.31. The van der Waals surface area contributed by atoms with Gasteiger partial charge in [-0.15, -0.1) is 0 Å². The predicted molar refractivity (Wildman–Crippen MR) is 76.7 cm³/mol. The summed E-state index contributed by atoms with van der Waals surface area (Å²) in [5.74, 6) is -1.47. The molecule has 1 amide bonds. The number of anilines is 1. The van der Waals surface area contributed by atoms with Crippen LogP contribution in [-0.2, 0) is 11.3 Å². The molecule has 2 rings (SSSR count). The highest BCUT2D eigenvalue weighted by atomic mass is 35.5. The van der Waals surface area contributed by atoms with Crippen LogP contribution >= 0.6 is 23.2 Å². The van der Waals surface area contributed by atoms with Gasteiger partial charge in [-0.2, -0.15) is 5.10 Å². The first-order valence-electron chi connectivity index (χ1n) is 5.82. The SMILES string of the molecule is O=C(CCn1cncn1)Nc1c(Cl)cc(C(=O)O)cc1Cl. The number of carbonyl (C=O) groups excluding carboxylic acids is 1. The third kappa shape index (κ3) is 3.93. The van der Waals surface area contributed by atoms with Crippen molar-refractivity contribution >= 4 is 40.8 Å². The molecule has 9 heteroatoms. The smallest absolute Gasteiger partial charge is 0.335 e. The number of rotatable bonds is 5. The van der Waals surface area contributed by atoms with Crippen LogP contribution in [0.1, 0.15) is 16.8 Å². The molecule has 2 N–H and O–H groups in total. The summed E-state index contributed by atoms with van der Waals surface area (Å²) in [7, 11) is 0. The number of aromatic nitrogens is 3. The highest BCUT2D eigenvalue weighted by Crippen LogP contribution is 2.32. The van der Waals surface area contributed by atoms with E-state index in [2.05, 4.69) is 15.4 Å². The normalized spacial score (nSPS) is 10.4. The highest BCUT2D eigenvalue weighted by Gasteiger charge is 2.14. The van der Waals surface area contributed by atoms with E-state index >= 15 is 0 Å². The van der Waals surface area contributed by atoms with Gasteiger partial charge in [0, 0.05) is 6.42 Å². The number of nitrogens with zero attached hydrogens (tertiary/aromatic N) is 3. The number of hydrogen-bond donors (Lipinski definition) is 2. The summed E-state index contributed by atoms with van der Waals surface area (Å²) < 4.78 is 1.51. The average molecular weight is 329 g/mol. The molecule has 0 spiro atoms. The molecule has 7 nitrogen and oxygen atoms in total. The second-order valence-corrected chi connectivity index (χ2v) is 4.89. The van der Waals surface area contributed by atoms with Crippen molar-refractivity contribution in [2.24, 2.45) is 0 Å². The lowest BCUT2D eigenvalue weighted by Crippen LogP contribution is -2.15. The Bertz CT molecular complexity index is 650. The van der Waals surface area contributed by atoms with Crippen LogP contribution in [0.2, 0.25) is 10.0 Å². The number of benzene rings is 1. The Morgan fingerprint density at radius 1 is 1.29 bits per heavy atom. The van der Waals surface area contributed by atoms with E-state index < -0.39 is 5.97 Å². The quantitative estimate of drug-likeness (QED) is 0.877. The lowest BCUT2D eigenvalue weighted by atomic mass is 10.2. The van der Waals surface area contributed by atoms with Crippen LogP contribution < -0.4 is 5.32 Å². The topological polar surface area (TPSA) is 97.1 Å². The van der Waals surface area contributed by atoms with Crippen LogP contribution in [0.15, 0.2) is 24.8 Å². The molecule has 0 bridgehead atoms. The number of aryl methyl sites for hydroxylation is 1. The van der Waals surface area contributed by atoms with Crippen molar-refractivity contribution in [1.82, 2.24) is 14.8 Å². The lowest BCUT2D eigenvalue weighted by molar-refractivity contribution is -0.116. The number of carbonyl (C=O) groups is 2. The third-order valence-electron chi connectivity index (χ3n) is 2.59. The van der Waals surface area contributed by atoms with Gasteiger partial charge in [0.2, 0.25) is 5.91 Å². The van der Waals surface area contributed by atoms with Crippen molar-refractivity contribution in [2.75, 3.05) is 5.32 Å². The Hall–Kier alpha value is -2.12. The van der Waals surface area contributed by atoms with Gasteiger partial charge >= 0.3 is 5.97 Å². The van der Waals surface area contributed by atoms with Gasteiger partial charge in [-0.05, 0) is 12.1 Å². The molecule has 2 aromatic rings. The second kappa shape index (κ2) is 6.55. The van der Waals surface area contributed by atoms with Crippen LogP contribution in [-0.4, -0.2) is 31.7 Å². The second-order valence-electron chi connectivity index (χ2n) is 4.08. The molecule has 0 aliphatic rings. The van der Waals surface area contributed by atoms with Crippen molar-refractivity contribution < 1.29 is 14.7 Å². The fourth-order valence-corrected chi connectivity index (χ4v) is 2.16. The maximum absolute atomic E-state index is 11.8. The van der Waals surface area contributed by atoms with E-state index in [0.29, 0.717) is 6.54 Å². The first-order chi connectivity index (χ1) is 9.97. The Kier molecular flexibility index (Phi) is 4.77. The molecule has 0 atom stereocenters. The van der Waals surface area contributed by atoms with E-state index in [4.69, 9.17) is 28.3 Å². The summed E-state index contributed by atoms with van der Waals surface area (Å²) >= 11 is 11.9. The van der Waals surface area contributed by atoms with E-state index in [-0.39, 0.29) is 33.6 Å². The first-order valence-corrected chi connectivity index (χ1v) is 6.57. The Morgan fingerprint density at radius 3 is 2.48 bits per heavy atom.